The molecule has 0 unspecified atom stereocenters. The van der Waals surface area contributed by atoms with Crippen molar-refractivity contribution in [2.75, 3.05) is 0 Å². The van der Waals surface area contributed by atoms with Crippen molar-refractivity contribution in [3.63, 3.8) is 0 Å². The minimum Gasteiger partial charge on any atom is -0.317 e. The van der Waals surface area contributed by atoms with Crippen LogP contribution >= 0.6 is 13.5 Å². The molecule has 0 saturated carbocycles. The number of aryl methyl sites for hydroxylation is 2. The average molecular weight is 847 g/mol. The summed E-state index contributed by atoms with van der Waals surface area (Å²) in [5, 5.41) is 6.52. The molecule has 11 rings (SSSR count). The van der Waals surface area contributed by atoms with Crippen molar-refractivity contribution in [1.29, 1.82) is 0 Å². The van der Waals surface area contributed by atoms with Gasteiger partial charge in [-0.25, -0.2) is 0 Å². The highest BCUT2D eigenvalue weighted by Gasteiger charge is 2.23. The molecule has 2 nitrogen and oxygen atoms in total. The minimum atomic E-state index is 0. The van der Waals surface area contributed by atoms with Gasteiger partial charge in [0.2, 0.25) is 0 Å². The predicted molar refractivity (Wildman–Crippen MR) is 287 cm³/mol. The van der Waals surface area contributed by atoms with E-state index >= 15 is 0 Å². The Morgan fingerprint density at radius 2 is 1.02 bits per heavy atom. The second-order valence-electron chi connectivity index (χ2n) is 14.9. The van der Waals surface area contributed by atoms with Crippen molar-refractivity contribution < 1.29 is 0 Å². The zero-order valence-corrected chi connectivity index (χ0v) is 39.8. The Labute approximate surface area is 384 Å². The fourth-order valence-electron chi connectivity index (χ4n) is 8.66. The zero-order chi connectivity index (χ0) is 44.0. The number of rotatable bonds is 3. The molecule has 2 aliphatic rings. The summed E-state index contributed by atoms with van der Waals surface area (Å²) in [5.74, 6) is 0. The number of hydrogen-bond acceptors (Lipinski definition) is 0. The first kappa shape index (κ1) is 47.8. The maximum absolute atomic E-state index is 3.36. The van der Waals surface area contributed by atoms with Crippen LogP contribution < -0.4 is 0 Å². The standard InChI is InChI=1S/C29H25N.C22H15N.C3H6.3C2H6.H2S/c1-20-10-12-22(13-11-20)24-15-17-29-27(19-24)26-8-4-5-9-28(26)30(29)25-16-14-21-6-2-3-7-23(21)18-25;1-2-8-17-15-18(14-13-16(17)7-1)23-21-11-5-3-9-19(21)20-10-4-6-12-22(20)23;1-3-2;3*1-2;/h2-13,18-19H,14-17H2,1H3;1-15H;3H,1H2,2H3;3*1-2H3;1H2. The first-order valence-electron chi connectivity index (χ1n) is 22.8. The Bertz CT molecular complexity index is 2900. The molecule has 0 saturated heterocycles. The van der Waals surface area contributed by atoms with Crippen molar-refractivity contribution >= 4 is 80.4 Å². The highest BCUT2D eigenvalue weighted by Crippen LogP contribution is 2.40. The van der Waals surface area contributed by atoms with E-state index < -0.39 is 0 Å². The molecule has 2 aromatic heterocycles. The number of allylic oxidation sites excluding steroid dienone is 3. The molecular weight excluding hydrogens is 781 g/mol. The summed E-state index contributed by atoms with van der Waals surface area (Å²) in [4.78, 5) is 0. The first-order valence-corrected chi connectivity index (χ1v) is 22.8. The predicted octanol–water partition coefficient (Wildman–Crippen LogP) is 17.7. The molecule has 322 valence electrons. The molecule has 3 heteroatoms. The van der Waals surface area contributed by atoms with Gasteiger partial charge < -0.3 is 9.13 Å². The lowest BCUT2D eigenvalue weighted by molar-refractivity contribution is 0.863. The molecule has 0 atom stereocenters. The van der Waals surface area contributed by atoms with Gasteiger partial charge in [0.15, 0.2) is 0 Å². The second-order valence-corrected chi connectivity index (χ2v) is 14.9. The molecule has 0 aliphatic heterocycles. The molecule has 0 N–H and O–H groups in total. The number of aromatic nitrogens is 2. The molecule has 7 aromatic carbocycles. The SMILES string of the molecule is C=CC.CC.CC.CC.Cc1ccc(C2=Cc3c(n(C4=Cc5ccccc5CC4)c4ccccc34)CC2)cc1.S.c1ccc2cc(-n3c4ccccc4c4ccccc43)ccc2c1. The van der Waals surface area contributed by atoms with Crippen LogP contribution in [0, 0.1) is 6.92 Å². The van der Waals surface area contributed by atoms with Gasteiger partial charge in [0.05, 0.1) is 16.6 Å². The highest BCUT2D eigenvalue weighted by molar-refractivity contribution is 7.59. The molecule has 0 fully saturated rings. The van der Waals surface area contributed by atoms with Gasteiger partial charge in [-0.1, -0.05) is 187 Å². The van der Waals surface area contributed by atoms with Gasteiger partial charge in [-0.2, -0.15) is 13.5 Å². The molecule has 2 heterocycles. The van der Waals surface area contributed by atoms with Gasteiger partial charge in [-0.15, -0.1) is 6.58 Å². The second kappa shape index (κ2) is 23.2. The lowest BCUT2D eigenvalue weighted by atomic mass is 9.90. The number of hydrogen-bond donors (Lipinski definition) is 0. The van der Waals surface area contributed by atoms with E-state index in [1.54, 1.807) is 6.08 Å². The Hall–Kier alpha value is -6.29. The van der Waals surface area contributed by atoms with Crippen molar-refractivity contribution in [3.8, 4) is 5.69 Å². The number of fused-ring (bicyclic) bond motifs is 8. The van der Waals surface area contributed by atoms with Crippen LogP contribution in [0.25, 0.3) is 72.6 Å². The van der Waals surface area contributed by atoms with Crippen molar-refractivity contribution in [2.24, 2.45) is 0 Å². The third kappa shape index (κ3) is 10.2. The van der Waals surface area contributed by atoms with E-state index in [-0.39, 0.29) is 13.5 Å². The summed E-state index contributed by atoms with van der Waals surface area (Å²) >= 11 is 0. The smallest absolute Gasteiger partial charge is 0.0541 e. The average Bonchev–Trinajstić information content (AvgIpc) is 3.86. The molecule has 0 bridgehead atoms. The first-order chi connectivity index (χ1) is 30.6. The maximum atomic E-state index is 3.36. The van der Waals surface area contributed by atoms with Gasteiger partial charge in [-0.05, 0) is 115 Å². The van der Waals surface area contributed by atoms with E-state index in [0.717, 1.165) is 25.7 Å². The summed E-state index contributed by atoms with van der Waals surface area (Å²) in [6.07, 6.45) is 11.0. The summed E-state index contributed by atoms with van der Waals surface area (Å²) in [5.41, 5.74) is 16.3. The molecule has 2 aliphatic carbocycles. The van der Waals surface area contributed by atoms with Crippen LogP contribution in [0.1, 0.15) is 94.8 Å². The van der Waals surface area contributed by atoms with E-state index in [1.807, 2.05) is 48.5 Å². The summed E-state index contributed by atoms with van der Waals surface area (Å²) < 4.78 is 4.92. The maximum Gasteiger partial charge on any atom is 0.0541 e. The van der Waals surface area contributed by atoms with E-state index in [0.29, 0.717) is 0 Å². The van der Waals surface area contributed by atoms with Crippen LogP contribution in [0.2, 0.25) is 0 Å². The van der Waals surface area contributed by atoms with E-state index in [9.17, 15) is 0 Å². The quantitative estimate of drug-likeness (QED) is 0.157. The zero-order valence-electron chi connectivity index (χ0n) is 38.8. The molecule has 0 radical (unpaired) electrons. The Morgan fingerprint density at radius 3 is 1.65 bits per heavy atom. The molecule has 0 amide bonds. The van der Waals surface area contributed by atoms with Gasteiger partial charge in [-0.3, -0.25) is 0 Å². The van der Waals surface area contributed by atoms with E-state index in [2.05, 4.69) is 199 Å². The molecular formula is C60H66N2S. The number of benzene rings is 7. The number of nitrogens with zero attached hydrogens (tertiary/aromatic N) is 2. The van der Waals surface area contributed by atoms with Crippen LogP contribution in [-0.4, -0.2) is 9.13 Å². The Morgan fingerprint density at radius 1 is 0.492 bits per heavy atom. The largest absolute Gasteiger partial charge is 0.317 e. The summed E-state index contributed by atoms with van der Waals surface area (Å²) in [6, 6.07) is 59.2. The van der Waals surface area contributed by atoms with Crippen molar-refractivity contribution in [3.05, 3.63) is 210 Å². The van der Waals surface area contributed by atoms with Crippen LogP contribution in [0.3, 0.4) is 0 Å². The Balaban J connectivity index is 0.000000203. The van der Waals surface area contributed by atoms with Gasteiger partial charge in [0, 0.05) is 38.8 Å². The van der Waals surface area contributed by atoms with Crippen LogP contribution in [0.15, 0.2) is 176 Å². The molecule has 9 aromatic rings. The van der Waals surface area contributed by atoms with E-state index in [1.165, 1.54) is 93.9 Å². The molecule has 63 heavy (non-hydrogen) atoms. The van der Waals surface area contributed by atoms with Crippen LogP contribution in [0.5, 0.6) is 0 Å². The fraction of sp³-hybridized carbons (Fsp3) is 0.200. The van der Waals surface area contributed by atoms with Gasteiger partial charge in [0.25, 0.3) is 0 Å². The summed E-state index contributed by atoms with van der Waals surface area (Å²) in [6.45, 7) is 19.4. The summed E-state index contributed by atoms with van der Waals surface area (Å²) in [7, 11) is 0. The van der Waals surface area contributed by atoms with Crippen molar-refractivity contribution in [2.45, 2.75) is 81.1 Å². The van der Waals surface area contributed by atoms with Crippen molar-refractivity contribution in [1.82, 2.24) is 9.13 Å². The normalized spacial score (nSPS) is 12.0. The lowest BCUT2D eigenvalue weighted by Gasteiger charge is -2.22. The third-order valence-electron chi connectivity index (χ3n) is 11.3. The highest BCUT2D eigenvalue weighted by atomic mass is 32.1. The van der Waals surface area contributed by atoms with Gasteiger partial charge >= 0.3 is 0 Å². The van der Waals surface area contributed by atoms with Crippen LogP contribution in [0.4, 0.5) is 0 Å². The van der Waals surface area contributed by atoms with Gasteiger partial charge in [0.1, 0.15) is 0 Å². The minimum absolute atomic E-state index is 0. The van der Waals surface area contributed by atoms with Crippen LogP contribution in [-0.2, 0) is 12.8 Å². The topological polar surface area (TPSA) is 9.86 Å². The fourth-order valence-corrected chi connectivity index (χ4v) is 8.66. The molecule has 0 spiro atoms. The third-order valence-corrected chi connectivity index (χ3v) is 11.3. The number of para-hydroxylation sites is 3. The Kier molecular flexibility index (Phi) is 17.6. The van der Waals surface area contributed by atoms with E-state index in [4.69, 9.17) is 0 Å². The lowest BCUT2D eigenvalue weighted by Crippen LogP contribution is -2.09. The monoisotopic (exact) mass is 846 g/mol.